The number of carbonyl (C=O) groups is 1. The second-order valence-electron chi connectivity index (χ2n) is 6.48. The molecule has 6 nitrogen and oxygen atoms in total. The molecule has 0 fully saturated rings. The molecule has 2 aromatic heterocycles. The number of pyridine rings is 1. The first-order chi connectivity index (χ1) is 14.1. The third-order valence-electron chi connectivity index (χ3n) is 4.22. The first-order valence-corrected chi connectivity index (χ1v) is 8.87. The third-order valence-corrected chi connectivity index (χ3v) is 4.22. The fourth-order valence-electron chi connectivity index (χ4n) is 2.83. The van der Waals surface area contributed by atoms with Gasteiger partial charge >= 0.3 is 6.18 Å². The minimum Gasteiger partial charge on any atom is -0.366 e. The summed E-state index contributed by atoms with van der Waals surface area (Å²) in [5.74, 6) is -1.28. The van der Waals surface area contributed by atoms with E-state index >= 15 is 0 Å². The van der Waals surface area contributed by atoms with E-state index in [-0.39, 0.29) is 5.56 Å². The maximum atomic E-state index is 12.6. The zero-order chi connectivity index (χ0) is 21.9. The van der Waals surface area contributed by atoms with Crippen LogP contribution in [-0.4, -0.2) is 25.7 Å². The molecule has 1 aromatic carbocycles. The molecule has 0 bridgehead atoms. The maximum absolute atomic E-state index is 12.6. The highest BCUT2D eigenvalue weighted by Crippen LogP contribution is 2.30. The molecule has 11 heteroatoms. The third kappa shape index (κ3) is 5.16. The molecule has 4 rings (SSSR count). The first-order valence-electron chi connectivity index (χ1n) is 8.87. The first kappa shape index (κ1) is 21.3. The maximum Gasteiger partial charge on any atom is 0.433 e. The zero-order valence-electron chi connectivity index (χ0n) is 15.5. The Hall–Kier alpha value is -3.37. The molecule has 0 unspecified atom stereocenters. The smallest absolute Gasteiger partial charge is 0.366 e. The summed E-state index contributed by atoms with van der Waals surface area (Å²) < 4.78 is 64.3. The van der Waals surface area contributed by atoms with Crippen molar-refractivity contribution in [2.45, 2.75) is 32.0 Å². The highest BCUT2D eigenvalue weighted by Gasteiger charge is 2.32. The molecule has 1 aliphatic heterocycles. The molecule has 0 spiro atoms. The molecule has 3 aromatic rings. The molecule has 30 heavy (non-hydrogen) atoms. The van der Waals surface area contributed by atoms with Gasteiger partial charge in [-0.15, -0.1) is 0 Å². The van der Waals surface area contributed by atoms with Crippen molar-refractivity contribution in [3.63, 3.8) is 0 Å². The Balaban J connectivity index is 0.000000199. The summed E-state index contributed by atoms with van der Waals surface area (Å²) in [6, 6.07) is 4.92. The Bertz CT molecular complexity index is 1020. The Labute approximate surface area is 167 Å². The van der Waals surface area contributed by atoms with Crippen LogP contribution in [0.4, 0.5) is 22.0 Å². The number of alkyl halides is 3. The lowest BCUT2D eigenvalue weighted by Crippen LogP contribution is -2.11. The number of nitrogens with zero attached hydrogens (tertiary/aromatic N) is 4. The van der Waals surface area contributed by atoms with Crippen molar-refractivity contribution < 1.29 is 26.7 Å². The van der Waals surface area contributed by atoms with Gasteiger partial charge in [0, 0.05) is 36.4 Å². The van der Waals surface area contributed by atoms with E-state index in [1.54, 1.807) is 4.68 Å². The van der Waals surface area contributed by atoms with Gasteiger partial charge in [0.05, 0.1) is 0 Å². The van der Waals surface area contributed by atoms with Gasteiger partial charge in [-0.05, 0) is 37.1 Å². The number of carbonyl (C=O) groups excluding carboxylic acids is 1. The summed E-state index contributed by atoms with van der Waals surface area (Å²) in [5.41, 5.74) is 4.05. The van der Waals surface area contributed by atoms with E-state index in [4.69, 9.17) is 5.73 Å². The van der Waals surface area contributed by atoms with Crippen molar-refractivity contribution in [1.29, 1.82) is 0 Å². The SMILES string of the molecule is FC(F)(F)c1cc(-c2nc3n(n2)CCCC3)ccn1.NC(=O)c1cc(F)cc(F)c1. The van der Waals surface area contributed by atoms with Crippen LogP contribution in [0.1, 0.15) is 34.7 Å². The van der Waals surface area contributed by atoms with Gasteiger partial charge in [0.1, 0.15) is 23.2 Å². The number of hydrogen-bond donors (Lipinski definition) is 1. The number of nitrogens with two attached hydrogens (primary N) is 1. The van der Waals surface area contributed by atoms with Crippen molar-refractivity contribution >= 4 is 5.91 Å². The topological polar surface area (TPSA) is 86.7 Å². The van der Waals surface area contributed by atoms with Crippen LogP contribution >= 0.6 is 0 Å². The lowest BCUT2D eigenvalue weighted by molar-refractivity contribution is -0.141. The van der Waals surface area contributed by atoms with Gasteiger partial charge in [-0.1, -0.05) is 0 Å². The van der Waals surface area contributed by atoms with E-state index in [0.717, 1.165) is 56.0 Å². The highest BCUT2D eigenvalue weighted by molar-refractivity contribution is 5.92. The van der Waals surface area contributed by atoms with Gasteiger partial charge in [-0.2, -0.15) is 18.3 Å². The van der Waals surface area contributed by atoms with Crippen LogP contribution in [0.3, 0.4) is 0 Å². The predicted octanol–water partition coefficient (Wildman–Crippen LogP) is 3.76. The van der Waals surface area contributed by atoms with Gasteiger partial charge in [-0.3, -0.25) is 9.78 Å². The van der Waals surface area contributed by atoms with E-state index in [1.807, 2.05) is 0 Å². The van der Waals surface area contributed by atoms with Gasteiger partial charge < -0.3 is 5.73 Å². The molecule has 3 heterocycles. The number of aromatic nitrogens is 4. The van der Waals surface area contributed by atoms with Crippen LogP contribution in [0.25, 0.3) is 11.4 Å². The molecule has 0 saturated carbocycles. The van der Waals surface area contributed by atoms with Gasteiger partial charge in [0.25, 0.3) is 0 Å². The van der Waals surface area contributed by atoms with E-state index in [0.29, 0.717) is 17.5 Å². The summed E-state index contributed by atoms with van der Waals surface area (Å²) in [6.07, 6.45) is -0.417. The second kappa shape index (κ2) is 8.56. The zero-order valence-corrected chi connectivity index (χ0v) is 15.5. The highest BCUT2D eigenvalue weighted by atomic mass is 19.4. The Morgan fingerprint density at radius 1 is 1.07 bits per heavy atom. The van der Waals surface area contributed by atoms with Crippen LogP contribution < -0.4 is 5.73 Å². The summed E-state index contributed by atoms with van der Waals surface area (Å²) >= 11 is 0. The number of rotatable bonds is 2. The molecule has 2 N–H and O–H groups in total. The van der Waals surface area contributed by atoms with Crippen molar-refractivity contribution in [2.24, 2.45) is 5.73 Å². The average Bonchev–Trinajstić information content (AvgIpc) is 3.11. The van der Waals surface area contributed by atoms with Crippen molar-refractivity contribution in [3.05, 3.63) is 65.2 Å². The fourth-order valence-corrected chi connectivity index (χ4v) is 2.83. The van der Waals surface area contributed by atoms with Crippen molar-refractivity contribution in [3.8, 4) is 11.4 Å². The number of benzene rings is 1. The Kier molecular flexibility index (Phi) is 6.09. The normalized spacial score (nSPS) is 13.2. The monoisotopic (exact) mass is 425 g/mol. The molecule has 0 atom stereocenters. The molecule has 158 valence electrons. The van der Waals surface area contributed by atoms with Crippen LogP contribution in [0.2, 0.25) is 0 Å². The van der Waals surface area contributed by atoms with E-state index < -0.39 is 29.4 Å². The van der Waals surface area contributed by atoms with Crippen LogP contribution in [-0.2, 0) is 19.1 Å². The van der Waals surface area contributed by atoms with Gasteiger partial charge in [0.2, 0.25) is 5.91 Å². The molecule has 1 amide bonds. The minimum atomic E-state index is -4.45. The van der Waals surface area contributed by atoms with Gasteiger partial charge in [0.15, 0.2) is 5.82 Å². The van der Waals surface area contributed by atoms with E-state index in [2.05, 4.69) is 15.1 Å². The molecular formula is C19H16F5N5O. The predicted molar refractivity (Wildman–Crippen MR) is 96.1 cm³/mol. The summed E-state index contributed by atoms with van der Waals surface area (Å²) in [6.45, 7) is 0.777. The quantitative estimate of drug-likeness (QED) is 0.634. The number of hydrogen-bond acceptors (Lipinski definition) is 4. The summed E-state index contributed by atoms with van der Waals surface area (Å²) in [5, 5.41) is 4.25. The molecule has 0 aliphatic carbocycles. The van der Waals surface area contributed by atoms with Crippen LogP contribution in [0.5, 0.6) is 0 Å². The van der Waals surface area contributed by atoms with Crippen molar-refractivity contribution in [2.75, 3.05) is 0 Å². The molecule has 0 saturated heterocycles. The lowest BCUT2D eigenvalue weighted by atomic mass is 10.2. The molecule has 1 aliphatic rings. The standard InChI is InChI=1S/C12H11F3N4.C7H5F2NO/c13-12(14,15)9-7-8(4-5-16-9)11-17-10-3-1-2-6-19(10)18-11;8-5-1-4(7(10)11)2-6(9)3-5/h4-5,7H,1-3,6H2;1-3H,(H2,10,11). The van der Waals surface area contributed by atoms with E-state index in [1.165, 1.54) is 6.07 Å². The van der Waals surface area contributed by atoms with Crippen molar-refractivity contribution in [1.82, 2.24) is 19.7 Å². The number of amides is 1. The van der Waals surface area contributed by atoms with Gasteiger partial charge in [-0.25, -0.2) is 18.4 Å². The van der Waals surface area contributed by atoms with Crippen LogP contribution in [0.15, 0.2) is 36.5 Å². The summed E-state index contributed by atoms with van der Waals surface area (Å²) in [4.78, 5) is 18.0. The largest absolute Gasteiger partial charge is 0.433 e. The number of fused-ring (bicyclic) bond motifs is 1. The Morgan fingerprint density at radius 3 is 2.37 bits per heavy atom. The van der Waals surface area contributed by atoms with E-state index in [9.17, 15) is 26.7 Å². The average molecular weight is 425 g/mol. The fraction of sp³-hybridized carbons (Fsp3) is 0.263. The Morgan fingerprint density at radius 2 is 1.77 bits per heavy atom. The second-order valence-corrected chi connectivity index (χ2v) is 6.48. The molecular weight excluding hydrogens is 409 g/mol. The number of halogens is 5. The number of aryl methyl sites for hydroxylation is 2. The van der Waals surface area contributed by atoms with Crippen LogP contribution in [0, 0.1) is 11.6 Å². The minimum absolute atomic E-state index is 0.164. The number of primary amides is 1. The summed E-state index contributed by atoms with van der Waals surface area (Å²) in [7, 11) is 0. The molecule has 0 radical (unpaired) electrons. The lowest BCUT2D eigenvalue weighted by Gasteiger charge is -2.09.